The van der Waals surface area contributed by atoms with Crippen molar-refractivity contribution in [2.75, 3.05) is 5.32 Å². The first-order valence-corrected chi connectivity index (χ1v) is 6.97. The molecule has 2 aromatic carbocycles. The summed E-state index contributed by atoms with van der Waals surface area (Å²) in [5.41, 5.74) is 1.56. The van der Waals surface area contributed by atoms with Crippen molar-refractivity contribution in [2.24, 2.45) is 0 Å². The summed E-state index contributed by atoms with van der Waals surface area (Å²) in [5.74, 6) is -0.441. The number of halogens is 3. The summed E-state index contributed by atoms with van der Waals surface area (Å²) >= 11 is 13.1. The van der Waals surface area contributed by atoms with Crippen molar-refractivity contribution in [1.29, 1.82) is 0 Å². The number of anilines is 2. The molecule has 1 heterocycles. The van der Waals surface area contributed by atoms with Gasteiger partial charge in [-0.1, -0.05) is 34.5 Å². The van der Waals surface area contributed by atoms with Gasteiger partial charge < -0.3 is 5.32 Å². The van der Waals surface area contributed by atoms with E-state index in [1.807, 2.05) is 12.1 Å². The molecule has 0 unspecified atom stereocenters. The molecule has 2 nitrogen and oxygen atoms in total. The Labute approximate surface area is 122 Å². The zero-order valence-corrected chi connectivity index (χ0v) is 11.8. The third-order valence-corrected chi connectivity index (χ3v) is 3.98. The molecule has 0 amide bonds. The summed E-state index contributed by atoms with van der Waals surface area (Å²) in [6.07, 6.45) is 0. The van der Waals surface area contributed by atoms with Crippen LogP contribution in [-0.4, -0.2) is 4.98 Å². The lowest BCUT2D eigenvalue weighted by atomic mass is 10.3. The van der Waals surface area contributed by atoms with Crippen LogP contribution >= 0.6 is 34.5 Å². The van der Waals surface area contributed by atoms with E-state index in [0.29, 0.717) is 15.8 Å². The molecule has 0 aliphatic heterocycles. The van der Waals surface area contributed by atoms with E-state index >= 15 is 0 Å². The predicted octanol–water partition coefficient (Wildman–Crippen LogP) is 5.49. The molecule has 0 aliphatic carbocycles. The van der Waals surface area contributed by atoms with E-state index in [1.165, 1.54) is 23.5 Å². The Morgan fingerprint density at radius 3 is 2.74 bits per heavy atom. The lowest BCUT2D eigenvalue weighted by Crippen LogP contribution is -1.89. The van der Waals surface area contributed by atoms with E-state index in [2.05, 4.69) is 10.3 Å². The van der Waals surface area contributed by atoms with Crippen LogP contribution in [0.2, 0.25) is 10.0 Å². The van der Waals surface area contributed by atoms with Gasteiger partial charge in [-0.3, -0.25) is 0 Å². The quantitative estimate of drug-likeness (QED) is 0.677. The second-order valence-corrected chi connectivity index (χ2v) is 5.76. The molecule has 0 atom stereocenters. The van der Waals surface area contributed by atoms with E-state index in [1.54, 1.807) is 12.1 Å². The minimum Gasteiger partial charge on any atom is -0.331 e. The number of fused-ring (bicyclic) bond motifs is 1. The number of benzene rings is 2. The first-order chi connectivity index (χ1) is 9.11. The predicted molar refractivity (Wildman–Crippen MR) is 79.3 cm³/mol. The molecule has 0 saturated carbocycles. The highest BCUT2D eigenvalue weighted by atomic mass is 35.5. The second kappa shape index (κ2) is 4.96. The van der Waals surface area contributed by atoms with Crippen LogP contribution in [0.25, 0.3) is 10.2 Å². The van der Waals surface area contributed by atoms with Crippen LogP contribution in [0.3, 0.4) is 0 Å². The van der Waals surface area contributed by atoms with Crippen molar-refractivity contribution in [2.45, 2.75) is 0 Å². The monoisotopic (exact) mass is 312 g/mol. The standard InChI is InChI=1S/C13H7Cl2FN2S/c14-7-1-4-11-12(5-7)19-13(18-11)17-8-2-3-10(16)9(15)6-8/h1-6H,(H,17,18). The van der Waals surface area contributed by atoms with Crippen LogP contribution in [0, 0.1) is 5.82 Å². The maximum Gasteiger partial charge on any atom is 0.188 e. The molecule has 3 rings (SSSR count). The zero-order valence-electron chi connectivity index (χ0n) is 9.45. The Bertz CT molecular complexity index is 757. The molecule has 0 aliphatic rings. The van der Waals surface area contributed by atoms with Gasteiger partial charge >= 0.3 is 0 Å². The molecule has 96 valence electrons. The third kappa shape index (κ3) is 2.66. The summed E-state index contributed by atoms with van der Waals surface area (Å²) in [5, 5.41) is 4.55. The number of nitrogens with zero attached hydrogens (tertiary/aromatic N) is 1. The Hall–Kier alpha value is -1.36. The van der Waals surface area contributed by atoms with Crippen molar-refractivity contribution >= 4 is 55.6 Å². The average Bonchev–Trinajstić information content (AvgIpc) is 2.75. The molecule has 0 spiro atoms. The number of hydrogen-bond donors (Lipinski definition) is 1. The van der Waals surface area contributed by atoms with Gasteiger partial charge in [0.1, 0.15) is 5.82 Å². The second-order valence-electron chi connectivity index (χ2n) is 3.88. The number of nitrogens with one attached hydrogen (secondary N) is 1. The molecule has 0 bridgehead atoms. The molecule has 3 aromatic rings. The van der Waals surface area contributed by atoms with Gasteiger partial charge in [0.2, 0.25) is 0 Å². The van der Waals surface area contributed by atoms with E-state index in [9.17, 15) is 4.39 Å². The average molecular weight is 313 g/mol. The molecular weight excluding hydrogens is 306 g/mol. The first-order valence-electron chi connectivity index (χ1n) is 5.40. The van der Waals surface area contributed by atoms with Gasteiger partial charge in [0.05, 0.1) is 15.2 Å². The molecule has 6 heteroatoms. The van der Waals surface area contributed by atoms with E-state index in [0.717, 1.165) is 10.2 Å². The van der Waals surface area contributed by atoms with Gasteiger partial charge in [-0.2, -0.15) is 0 Å². The van der Waals surface area contributed by atoms with E-state index in [4.69, 9.17) is 23.2 Å². The van der Waals surface area contributed by atoms with Crippen molar-refractivity contribution in [3.63, 3.8) is 0 Å². The van der Waals surface area contributed by atoms with Gasteiger partial charge in [-0.25, -0.2) is 9.37 Å². The van der Waals surface area contributed by atoms with Gasteiger partial charge in [0, 0.05) is 10.7 Å². The molecule has 0 radical (unpaired) electrons. The normalized spacial score (nSPS) is 10.9. The summed E-state index contributed by atoms with van der Waals surface area (Å²) < 4.78 is 14.1. The number of rotatable bonds is 2. The summed E-state index contributed by atoms with van der Waals surface area (Å²) in [6, 6.07) is 9.96. The van der Waals surface area contributed by atoms with Crippen LogP contribution in [0.5, 0.6) is 0 Å². The summed E-state index contributed by atoms with van der Waals surface area (Å²) in [7, 11) is 0. The highest BCUT2D eigenvalue weighted by Crippen LogP contribution is 2.31. The van der Waals surface area contributed by atoms with Gasteiger partial charge in [-0.05, 0) is 36.4 Å². The maximum atomic E-state index is 13.1. The van der Waals surface area contributed by atoms with Crippen molar-refractivity contribution in [3.8, 4) is 0 Å². The van der Waals surface area contributed by atoms with Crippen LogP contribution in [-0.2, 0) is 0 Å². The SMILES string of the molecule is Fc1ccc(Nc2nc3ccc(Cl)cc3s2)cc1Cl. The largest absolute Gasteiger partial charge is 0.331 e. The summed E-state index contributed by atoms with van der Waals surface area (Å²) in [6.45, 7) is 0. The highest BCUT2D eigenvalue weighted by molar-refractivity contribution is 7.22. The highest BCUT2D eigenvalue weighted by Gasteiger charge is 2.06. The van der Waals surface area contributed by atoms with Crippen LogP contribution in [0.4, 0.5) is 15.2 Å². The van der Waals surface area contributed by atoms with E-state index in [-0.39, 0.29) is 5.02 Å². The van der Waals surface area contributed by atoms with Gasteiger partial charge in [0.15, 0.2) is 5.13 Å². The lowest BCUT2D eigenvalue weighted by molar-refractivity contribution is 0.628. The first kappa shape index (κ1) is 12.7. The molecular formula is C13H7Cl2FN2S. The minimum absolute atomic E-state index is 0.0779. The minimum atomic E-state index is -0.441. The Morgan fingerprint density at radius 2 is 1.95 bits per heavy atom. The Kier molecular flexibility index (Phi) is 3.31. The molecule has 0 saturated heterocycles. The van der Waals surface area contributed by atoms with E-state index < -0.39 is 5.82 Å². The van der Waals surface area contributed by atoms with Crippen LogP contribution in [0.1, 0.15) is 0 Å². The van der Waals surface area contributed by atoms with Crippen LogP contribution in [0.15, 0.2) is 36.4 Å². The fraction of sp³-hybridized carbons (Fsp3) is 0. The van der Waals surface area contributed by atoms with Crippen LogP contribution < -0.4 is 5.32 Å². The fourth-order valence-electron chi connectivity index (χ4n) is 1.65. The van der Waals surface area contributed by atoms with Gasteiger partial charge in [0.25, 0.3) is 0 Å². The molecule has 0 fully saturated rings. The number of aromatic nitrogens is 1. The topological polar surface area (TPSA) is 24.9 Å². The van der Waals surface area contributed by atoms with Crippen molar-refractivity contribution in [1.82, 2.24) is 4.98 Å². The molecule has 19 heavy (non-hydrogen) atoms. The smallest absolute Gasteiger partial charge is 0.188 e. The third-order valence-electron chi connectivity index (χ3n) is 2.52. The Morgan fingerprint density at radius 1 is 1.11 bits per heavy atom. The maximum absolute atomic E-state index is 13.1. The zero-order chi connectivity index (χ0) is 13.4. The molecule has 1 aromatic heterocycles. The number of hydrogen-bond acceptors (Lipinski definition) is 3. The number of thiazole rings is 1. The molecule has 1 N–H and O–H groups in total. The lowest BCUT2D eigenvalue weighted by Gasteiger charge is -2.02. The van der Waals surface area contributed by atoms with Gasteiger partial charge in [-0.15, -0.1) is 0 Å². The Balaban J connectivity index is 1.94. The van der Waals surface area contributed by atoms with Crippen molar-refractivity contribution < 1.29 is 4.39 Å². The fourth-order valence-corrected chi connectivity index (χ4v) is 2.99. The summed E-state index contributed by atoms with van der Waals surface area (Å²) in [4.78, 5) is 4.41. The van der Waals surface area contributed by atoms with Crippen molar-refractivity contribution in [3.05, 3.63) is 52.3 Å².